The van der Waals surface area contributed by atoms with Crippen LogP contribution in [0.15, 0.2) is 78.9 Å². The fraction of sp³-hybridized carbons (Fsp3) is 0.406. The summed E-state index contributed by atoms with van der Waals surface area (Å²) >= 11 is 12.8. The predicted octanol–water partition coefficient (Wildman–Crippen LogP) is 7.82. The summed E-state index contributed by atoms with van der Waals surface area (Å²) in [6.45, 7) is 4.67. The van der Waals surface area contributed by atoms with Crippen molar-refractivity contribution in [3.8, 4) is 0 Å². The van der Waals surface area contributed by atoms with Crippen molar-refractivity contribution in [3.63, 3.8) is 0 Å². The number of benzene rings is 3. The SMILES string of the molecule is Cl.O=C1CCC(CCN2CCC(Cc3ccccc3)CC2)(c2ccc(Cl)c(Cl)c2)CN1Cc1ccccc1. The van der Waals surface area contributed by atoms with Crippen molar-refractivity contribution >= 4 is 41.5 Å². The van der Waals surface area contributed by atoms with E-state index in [2.05, 4.69) is 53.4 Å². The van der Waals surface area contributed by atoms with Crippen LogP contribution >= 0.6 is 35.6 Å². The third-order valence-electron chi connectivity index (χ3n) is 8.39. The van der Waals surface area contributed by atoms with E-state index in [1.54, 1.807) is 0 Å². The Morgan fingerprint density at radius 2 is 1.50 bits per heavy atom. The van der Waals surface area contributed by atoms with Crippen LogP contribution in [0.3, 0.4) is 0 Å². The summed E-state index contributed by atoms with van der Waals surface area (Å²) in [7, 11) is 0. The fourth-order valence-corrected chi connectivity index (χ4v) is 6.43. The first kappa shape index (κ1) is 29.0. The molecule has 202 valence electrons. The van der Waals surface area contributed by atoms with Gasteiger partial charge in [-0.05, 0) is 86.5 Å². The second-order valence-corrected chi connectivity index (χ2v) is 11.7. The van der Waals surface area contributed by atoms with Gasteiger partial charge in [-0.3, -0.25) is 4.79 Å². The van der Waals surface area contributed by atoms with E-state index >= 15 is 0 Å². The Bertz CT molecular complexity index is 1180. The topological polar surface area (TPSA) is 23.6 Å². The van der Waals surface area contributed by atoms with Gasteiger partial charge in [0.25, 0.3) is 0 Å². The maximum atomic E-state index is 13.0. The summed E-state index contributed by atoms with van der Waals surface area (Å²) in [4.78, 5) is 17.7. The van der Waals surface area contributed by atoms with E-state index < -0.39 is 0 Å². The van der Waals surface area contributed by atoms with Crippen LogP contribution in [0.5, 0.6) is 0 Å². The van der Waals surface area contributed by atoms with Crippen LogP contribution in [0, 0.1) is 5.92 Å². The Morgan fingerprint density at radius 1 is 0.842 bits per heavy atom. The average molecular weight is 572 g/mol. The van der Waals surface area contributed by atoms with E-state index in [1.807, 2.05) is 35.2 Å². The second-order valence-electron chi connectivity index (χ2n) is 10.9. The summed E-state index contributed by atoms with van der Waals surface area (Å²) in [6.07, 6.45) is 6.08. The molecule has 3 nitrogen and oxygen atoms in total. The zero-order valence-electron chi connectivity index (χ0n) is 21.8. The highest BCUT2D eigenvalue weighted by molar-refractivity contribution is 6.42. The molecule has 0 spiro atoms. The third kappa shape index (κ3) is 7.12. The number of nitrogens with zero attached hydrogens (tertiary/aromatic N) is 2. The molecule has 2 aliphatic heterocycles. The highest BCUT2D eigenvalue weighted by atomic mass is 35.5. The van der Waals surface area contributed by atoms with Gasteiger partial charge in [0.15, 0.2) is 0 Å². The van der Waals surface area contributed by atoms with E-state index in [9.17, 15) is 4.79 Å². The molecule has 0 aromatic heterocycles. The van der Waals surface area contributed by atoms with Crippen LogP contribution in [0.2, 0.25) is 10.0 Å². The lowest BCUT2D eigenvalue weighted by atomic mass is 9.71. The number of halogens is 3. The van der Waals surface area contributed by atoms with Crippen molar-refractivity contribution in [2.24, 2.45) is 5.92 Å². The van der Waals surface area contributed by atoms with Crippen LogP contribution < -0.4 is 0 Å². The van der Waals surface area contributed by atoms with Crippen LogP contribution in [-0.4, -0.2) is 41.9 Å². The molecule has 0 N–H and O–H groups in total. The first-order chi connectivity index (χ1) is 18.0. The molecule has 6 heteroatoms. The molecule has 0 bridgehead atoms. The molecule has 2 saturated heterocycles. The van der Waals surface area contributed by atoms with Gasteiger partial charge in [0.1, 0.15) is 0 Å². The van der Waals surface area contributed by atoms with Gasteiger partial charge in [-0.25, -0.2) is 0 Å². The van der Waals surface area contributed by atoms with E-state index in [0.29, 0.717) is 29.6 Å². The van der Waals surface area contributed by atoms with Gasteiger partial charge >= 0.3 is 0 Å². The van der Waals surface area contributed by atoms with Crippen LogP contribution in [0.1, 0.15) is 48.8 Å². The van der Waals surface area contributed by atoms with E-state index in [4.69, 9.17) is 23.2 Å². The Labute approximate surface area is 243 Å². The minimum absolute atomic E-state index is 0. The number of hydrogen-bond donors (Lipinski definition) is 0. The molecule has 2 fully saturated rings. The Morgan fingerprint density at radius 3 is 2.16 bits per heavy atom. The maximum absolute atomic E-state index is 13.0. The van der Waals surface area contributed by atoms with Crippen LogP contribution in [0.25, 0.3) is 0 Å². The van der Waals surface area contributed by atoms with Crippen molar-refractivity contribution < 1.29 is 4.79 Å². The number of hydrogen-bond acceptors (Lipinski definition) is 2. The van der Waals surface area contributed by atoms with Crippen molar-refractivity contribution in [2.75, 3.05) is 26.2 Å². The molecule has 0 aliphatic carbocycles. The molecular formula is C32H37Cl3N2O. The van der Waals surface area contributed by atoms with Gasteiger partial charge in [-0.2, -0.15) is 0 Å². The summed E-state index contributed by atoms with van der Waals surface area (Å²) in [5.74, 6) is 0.998. The predicted molar refractivity (Wildman–Crippen MR) is 160 cm³/mol. The normalized spacial score (nSPS) is 20.8. The van der Waals surface area contributed by atoms with Crippen molar-refractivity contribution in [3.05, 3.63) is 106 Å². The highest BCUT2D eigenvalue weighted by Crippen LogP contribution is 2.41. The number of amides is 1. The highest BCUT2D eigenvalue weighted by Gasteiger charge is 2.40. The number of likely N-dealkylation sites (tertiary alicyclic amines) is 2. The smallest absolute Gasteiger partial charge is 0.222 e. The Hall–Kier alpha value is -2.04. The van der Waals surface area contributed by atoms with E-state index in [1.165, 1.54) is 36.0 Å². The molecule has 2 heterocycles. The van der Waals surface area contributed by atoms with Gasteiger partial charge < -0.3 is 9.80 Å². The van der Waals surface area contributed by atoms with Crippen molar-refractivity contribution in [2.45, 2.75) is 50.5 Å². The molecule has 5 rings (SSSR count). The van der Waals surface area contributed by atoms with Gasteiger partial charge in [0.2, 0.25) is 5.91 Å². The average Bonchev–Trinajstić information content (AvgIpc) is 2.93. The lowest BCUT2D eigenvalue weighted by Crippen LogP contribution is -2.50. The monoisotopic (exact) mass is 570 g/mol. The third-order valence-corrected chi connectivity index (χ3v) is 9.13. The minimum atomic E-state index is -0.127. The van der Waals surface area contributed by atoms with Gasteiger partial charge in [-0.1, -0.05) is 89.9 Å². The van der Waals surface area contributed by atoms with E-state index in [0.717, 1.165) is 38.4 Å². The zero-order valence-corrected chi connectivity index (χ0v) is 24.2. The number of rotatable bonds is 8. The first-order valence-corrected chi connectivity index (χ1v) is 14.3. The van der Waals surface area contributed by atoms with Gasteiger partial charge in [0.05, 0.1) is 10.0 Å². The van der Waals surface area contributed by atoms with Gasteiger partial charge in [0, 0.05) is 24.9 Å². The quantitative estimate of drug-likeness (QED) is 0.275. The fourth-order valence-electron chi connectivity index (χ4n) is 6.13. The maximum Gasteiger partial charge on any atom is 0.222 e. The van der Waals surface area contributed by atoms with Crippen LogP contribution in [0.4, 0.5) is 0 Å². The molecule has 3 aromatic carbocycles. The standard InChI is InChI=1S/C32H36Cl2N2O.ClH/c33-29-12-11-28(22-30(29)34)32(16-13-31(37)36(24-32)23-27-9-5-2-6-10-27)17-20-35-18-14-26(15-19-35)21-25-7-3-1-4-8-25;/h1-12,22,26H,13-21,23-24H2;1H. The van der Waals surface area contributed by atoms with Crippen LogP contribution in [-0.2, 0) is 23.2 Å². The summed E-state index contributed by atoms with van der Waals surface area (Å²) in [5, 5.41) is 1.17. The molecule has 1 unspecified atom stereocenters. The molecule has 38 heavy (non-hydrogen) atoms. The molecule has 2 aliphatic rings. The summed E-state index contributed by atoms with van der Waals surface area (Å²) < 4.78 is 0. The summed E-state index contributed by atoms with van der Waals surface area (Å²) in [6, 6.07) is 27.2. The van der Waals surface area contributed by atoms with Gasteiger partial charge in [-0.15, -0.1) is 12.4 Å². The first-order valence-electron chi connectivity index (χ1n) is 13.5. The largest absolute Gasteiger partial charge is 0.337 e. The minimum Gasteiger partial charge on any atom is -0.337 e. The Balaban J connectivity index is 0.00000336. The molecule has 0 radical (unpaired) electrons. The Kier molecular flexibility index (Phi) is 10.2. The molecule has 1 atom stereocenters. The van der Waals surface area contributed by atoms with E-state index in [-0.39, 0.29) is 23.7 Å². The molecular weight excluding hydrogens is 535 g/mol. The number of carbonyl (C=O) groups is 1. The number of piperidine rings is 2. The number of carbonyl (C=O) groups excluding carboxylic acids is 1. The lowest BCUT2D eigenvalue weighted by molar-refractivity contribution is -0.136. The molecule has 1 amide bonds. The summed E-state index contributed by atoms with van der Waals surface area (Å²) in [5.41, 5.74) is 3.69. The molecule has 3 aromatic rings. The lowest BCUT2D eigenvalue weighted by Gasteiger charge is -2.45. The van der Waals surface area contributed by atoms with Crippen molar-refractivity contribution in [1.82, 2.24) is 9.80 Å². The molecule has 0 saturated carbocycles. The second kappa shape index (κ2) is 13.3. The zero-order chi connectivity index (χ0) is 25.7. The van der Waals surface area contributed by atoms with Crippen molar-refractivity contribution in [1.29, 1.82) is 0 Å².